The third-order valence-electron chi connectivity index (χ3n) is 4.04. The molecule has 1 aromatic carbocycles. The van der Waals surface area contributed by atoms with Crippen molar-refractivity contribution in [2.45, 2.75) is 33.8 Å². The van der Waals surface area contributed by atoms with Gasteiger partial charge in [0.2, 0.25) is 0 Å². The number of benzene rings is 1. The summed E-state index contributed by atoms with van der Waals surface area (Å²) in [4.78, 5) is 26.0. The van der Waals surface area contributed by atoms with Crippen LogP contribution in [0.4, 0.5) is 0 Å². The van der Waals surface area contributed by atoms with Crippen molar-refractivity contribution in [1.82, 2.24) is 5.43 Å². The molecule has 27 heavy (non-hydrogen) atoms. The molecule has 2 aromatic heterocycles. The zero-order valence-corrected chi connectivity index (χ0v) is 16.3. The molecule has 0 radical (unpaired) electrons. The van der Waals surface area contributed by atoms with Crippen LogP contribution >= 0.6 is 11.3 Å². The van der Waals surface area contributed by atoms with Gasteiger partial charge in [-0.25, -0.2) is 10.2 Å². The van der Waals surface area contributed by atoms with Crippen molar-refractivity contribution in [3.63, 3.8) is 0 Å². The van der Waals surface area contributed by atoms with Gasteiger partial charge in [0.15, 0.2) is 6.10 Å². The first kappa shape index (κ1) is 18.8. The second-order valence-electron chi connectivity index (χ2n) is 6.25. The molecular weight excluding hydrogens is 364 g/mol. The minimum Gasteiger partial charge on any atom is -0.481 e. The zero-order valence-electron chi connectivity index (χ0n) is 15.5. The highest BCUT2D eigenvalue weighted by molar-refractivity contribution is 7.14. The summed E-state index contributed by atoms with van der Waals surface area (Å²) >= 11 is 1.61. The minimum absolute atomic E-state index is 0.367. The number of amides is 1. The molecule has 1 N–H and O–H groups in total. The zero-order chi connectivity index (χ0) is 19.6. The smallest absolute Gasteiger partial charge is 0.336 e. The number of nitrogens with one attached hydrogen (secondary N) is 1. The first-order valence-electron chi connectivity index (χ1n) is 8.45. The van der Waals surface area contributed by atoms with E-state index in [9.17, 15) is 9.59 Å². The Balaban J connectivity index is 1.69. The molecule has 0 spiro atoms. The van der Waals surface area contributed by atoms with Gasteiger partial charge in [-0.1, -0.05) is 0 Å². The Hall–Kier alpha value is -2.93. The second kappa shape index (κ2) is 7.75. The van der Waals surface area contributed by atoms with E-state index in [4.69, 9.17) is 9.15 Å². The lowest BCUT2D eigenvalue weighted by Crippen LogP contribution is -2.33. The van der Waals surface area contributed by atoms with Gasteiger partial charge >= 0.3 is 5.63 Å². The summed E-state index contributed by atoms with van der Waals surface area (Å²) < 4.78 is 10.9. The first-order chi connectivity index (χ1) is 12.8. The van der Waals surface area contributed by atoms with Crippen LogP contribution in [-0.2, 0) is 4.79 Å². The molecule has 3 aromatic rings. The van der Waals surface area contributed by atoms with Crippen molar-refractivity contribution < 1.29 is 13.9 Å². The molecule has 0 aliphatic carbocycles. The third kappa shape index (κ3) is 4.43. The molecule has 3 rings (SSSR count). The number of fused-ring (bicyclic) bond motifs is 1. The minimum atomic E-state index is -0.763. The maximum Gasteiger partial charge on any atom is 0.336 e. The normalized spacial score (nSPS) is 12.8. The molecule has 0 saturated carbocycles. The Morgan fingerprint density at radius 1 is 1.22 bits per heavy atom. The molecule has 1 atom stereocenters. The Morgan fingerprint density at radius 3 is 2.70 bits per heavy atom. The van der Waals surface area contributed by atoms with E-state index in [1.54, 1.807) is 36.5 Å². The van der Waals surface area contributed by atoms with Crippen LogP contribution in [0.3, 0.4) is 0 Å². The van der Waals surface area contributed by atoms with Crippen LogP contribution in [-0.4, -0.2) is 17.7 Å². The van der Waals surface area contributed by atoms with Crippen molar-refractivity contribution in [3.8, 4) is 5.75 Å². The Morgan fingerprint density at radius 2 is 2.00 bits per heavy atom. The number of hydrogen-bond donors (Lipinski definition) is 1. The third-order valence-corrected chi connectivity index (χ3v) is 5.15. The maximum atomic E-state index is 12.2. The van der Waals surface area contributed by atoms with Crippen molar-refractivity contribution in [2.24, 2.45) is 5.10 Å². The van der Waals surface area contributed by atoms with Crippen LogP contribution in [0.1, 0.15) is 29.2 Å². The summed E-state index contributed by atoms with van der Waals surface area (Å²) in [5.74, 6) is 0.0712. The maximum absolute atomic E-state index is 12.2. The average Bonchev–Trinajstić information content (AvgIpc) is 3.05. The highest BCUT2D eigenvalue weighted by atomic mass is 32.1. The first-order valence-corrected chi connectivity index (χ1v) is 9.27. The monoisotopic (exact) mass is 384 g/mol. The molecule has 2 heterocycles. The SMILES string of the molecule is C/C(=N/NC(=O)[C@H](C)Oc1ccc2c(C)cc(=O)oc2c1)c1ccc(C)s1. The van der Waals surface area contributed by atoms with Crippen LogP contribution in [0.15, 0.2) is 50.7 Å². The predicted molar refractivity (Wildman–Crippen MR) is 107 cm³/mol. The fourth-order valence-corrected chi connectivity index (χ4v) is 3.36. The molecule has 0 unspecified atom stereocenters. The number of nitrogens with zero attached hydrogens (tertiary/aromatic N) is 1. The highest BCUT2D eigenvalue weighted by Gasteiger charge is 2.15. The van der Waals surface area contributed by atoms with Crippen LogP contribution < -0.4 is 15.8 Å². The predicted octanol–water partition coefficient (Wildman–Crippen LogP) is 3.78. The number of rotatable bonds is 5. The van der Waals surface area contributed by atoms with E-state index in [-0.39, 0.29) is 5.91 Å². The lowest BCUT2D eigenvalue weighted by molar-refractivity contribution is -0.127. The molecule has 0 aliphatic heterocycles. The van der Waals surface area contributed by atoms with Crippen LogP contribution in [0.5, 0.6) is 5.75 Å². The quantitative estimate of drug-likeness (QED) is 0.412. The molecule has 6 nitrogen and oxygen atoms in total. The van der Waals surface area contributed by atoms with E-state index in [0.717, 1.165) is 21.5 Å². The Bertz CT molecular complexity index is 1080. The molecule has 0 saturated heterocycles. The van der Waals surface area contributed by atoms with E-state index >= 15 is 0 Å². The molecule has 1 amide bonds. The van der Waals surface area contributed by atoms with Crippen molar-refractivity contribution >= 4 is 33.9 Å². The van der Waals surface area contributed by atoms with Crippen molar-refractivity contribution in [1.29, 1.82) is 0 Å². The number of carbonyl (C=O) groups is 1. The van der Waals surface area contributed by atoms with Gasteiger partial charge in [-0.3, -0.25) is 4.79 Å². The molecular formula is C20H20N2O4S. The molecule has 0 aliphatic rings. The molecule has 140 valence electrons. The van der Waals surface area contributed by atoms with Crippen LogP contribution in [0.25, 0.3) is 11.0 Å². The van der Waals surface area contributed by atoms with Crippen LogP contribution in [0.2, 0.25) is 0 Å². The Kier molecular flexibility index (Phi) is 5.41. The average molecular weight is 384 g/mol. The van der Waals surface area contributed by atoms with E-state index in [1.807, 2.05) is 32.9 Å². The van der Waals surface area contributed by atoms with Gasteiger partial charge in [0.1, 0.15) is 11.3 Å². The van der Waals surface area contributed by atoms with Gasteiger partial charge in [0.05, 0.1) is 10.6 Å². The Labute approximate surface area is 160 Å². The largest absolute Gasteiger partial charge is 0.481 e. The van der Waals surface area contributed by atoms with Crippen molar-refractivity contribution in [3.05, 3.63) is 62.1 Å². The fourth-order valence-electron chi connectivity index (χ4n) is 2.55. The summed E-state index contributed by atoms with van der Waals surface area (Å²) in [6, 6.07) is 10.6. The van der Waals surface area contributed by atoms with Gasteiger partial charge in [0.25, 0.3) is 5.91 Å². The van der Waals surface area contributed by atoms with Crippen LogP contribution in [0, 0.1) is 13.8 Å². The summed E-state index contributed by atoms with van der Waals surface area (Å²) in [6.07, 6.45) is -0.763. The fraction of sp³-hybridized carbons (Fsp3) is 0.250. The highest BCUT2D eigenvalue weighted by Crippen LogP contribution is 2.23. The number of ether oxygens (including phenoxy) is 1. The van der Waals surface area contributed by atoms with E-state index in [0.29, 0.717) is 11.3 Å². The van der Waals surface area contributed by atoms with Gasteiger partial charge in [-0.2, -0.15) is 5.10 Å². The second-order valence-corrected chi connectivity index (χ2v) is 7.54. The number of hydrazone groups is 1. The van der Waals surface area contributed by atoms with Gasteiger partial charge < -0.3 is 9.15 Å². The van der Waals surface area contributed by atoms with E-state index in [1.165, 1.54) is 10.9 Å². The summed E-state index contributed by atoms with van der Waals surface area (Å²) in [7, 11) is 0. The standard InChI is InChI=1S/C20H20N2O4S/c1-11-9-19(23)26-17-10-15(6-7-16(11)17)25-14(4)20(24)22-21-13(3)18-8-5-12(2)27-18/h5-10,14H,1-4H3,(H,22,24)/b21-13-/t14-/m0/s1. The molecule has 0 fully saturated rings. The number of aryl methyl sites for hydroxylation is 2. The van der Waals surface area contributed by atoms with Crippen molar-refractivity contribution in [2.75, 3.05) is 0 Å². The van der Waals surface area contributed by atoms with E-state index in [2.05, 4.69) is 10.5 Å². The van der Waals surface area contributed by atoms with Gasteiger partial charge in [0, 0.05) is 22.4 Å². The summed E-state index contributed by atoms with van der Waals surface area (Å²) in [6.45, 7) is 7.32. The number of hydrogen-bond acceptors (Lipinski definition) is 6. The molecule has 0 bridgehead atoms. The van der Waals surface area contributed by atoms with E-state index < -0.39 is 11.7 Å². The number of thiophene rings is 1. The summed E-state index contributed by atoms with van der Waals surface area (Å²) in [5, 5.41) is 4.96. The van der Waals surface area contributed by atoms with Gasteiger partial charge in [-0.15, -0.1) is 11.3 Å². The molecule has 7 heteroatoms. The lowest BCUT2D eigenvalue weighted by atomic mass is 10.1. The summed E-state index contributed by atoms with van der Waals surface area (Å²) in [5.41, 5.74) is 4.09. The topological polar surface area (TPSA) is 80.9 Å². The number of carbonyl (C=O) groups excluding carboxylic acids is 1. The lowest BCUT2D eigenvalue weighted by Gasteiger charge is -2.13. The van der Waals surface area contributed by atoms with Gasteiger partial charge in [-0.05, 0) is 57.5 Å².